The summed E-state index contributed by atoms with van der Waals surface area (Å²) in [4.78, 5) is 11.3. The smallest absolute Gasteiger partial charge is 0.305 e. The van der Waals surface area contributed by atoms with Gasteiger partial charge in [0.1, 0.15) is 0 Å². The fraction of sp³-hybridized carbons (Fsp3) is 0.938. The van der Waals surface area contributed by atoms with E-state index in [1.165, 1.54) is 20.0 Å². The molecule has 1 aliphatic carbocycles. The standard InChI is InChI=1S/C16H30O3/c1-11(10-14(17)19-5)15(18)12-6-8-13(9-7-12)16(2,3)4/h11-13,15,18H,6-10H2,1-5H3. The fourth-order valence-corrected chi connectivity index (χ4v) is 3.26. The molecule has 3 heteroatoms. The number of rotatable bonds is 4. The predicted molar refractivity (Wildman–Crippen MR) is 76.7 cm³/mol. The van der Waals surface area contributed by atoms with Crippen LogP contribution in [0.25, 0.3) is 0 Å². The Morgan fingerprint density at radius 1 is 1.26 bits per heavy atom. The molecule has 0 aromatic rings. The van der Waals surface area contributed by atoms with E-state index >= 15 is 0 Å². The molecule has 112 valence electrons. The molecular weight excluding hydrogens is 240 g/mol. The van der Waals surface area contributed by atoms with E-state index < -0.39 is 0 Å². The Hall–Kier alpha value is -0.570. The number of aliphatic hydroxyl groups excluding tert-OH is 1. The molecule has 0 spiro atoms. The van der Waals surface area contributed by atoms with Crippen molar-refractivity contribution in [3.8, 4) is 0 Å². The van der Waals surface area contributed by atoms with Crippen LogP contribution < -0.4 is 0 Å². The minimum atomic E-state index is -0.375. The molecule has 3 nitrogen and oxygen atoms in total. The van der Waals surface area contributed by atoms with Crippen LogP contribution in [0.4, 0.5) is 0 Å². The second-order valence-corrected chi connectivity index (χ2v) is 7.23. The quantitative estimate of drug-likeness (QED) is 0.796. The molecule has 1 saturated carbocycles. The van der Waals surface area contributed by atoms with E-state index in [-0.39, 0.29) is 18.0 Å². The summed E-state index contributed by atoms with van der Waals surface area (Å²) in [6, 6.07) is 0. The fourth-order valence-electron chi connectivity index (χ4n) is 3.26. The van der Waals surface area contributed by atoms with E-state index in [0.717, 1.165) is 18.8 Å². The number of methoxy groups -OCH3 is 1. The van der Waals surface area contributed by atoms with E-state index in [4.69, 9.17) is 0 Å². The largest absolute Gasteiger partial charge is 0.469 e. The van der Waals surface area contributed by atoms with E-state index in [2.05, 4.69) is 25.5 Å². The molecule has 1 aliphatic rings. The summed E-state index contributed by atoms with van der Waals surface area (Å²) < 4.78 is 4.67. The lowest BCUT2D eigenvalue weighted by Gasteiger charge is -2.39. The van der Waals surface area contributed by atoms with Gasteiger partial charge >= 0.3 is 5.97 Å². The molecule has 19 heavy (non-hydrogen) atoms. The molecule has 1 N–H and O–H groups in total. The van der Waals surface area contributed by atoms with Crippen molar-refractivity contribution in [1.29, 1.82) is 0 Å². The minimum absolute atomic E-state index is 0.0105. The van der Waals surface area contributed by atoms with Gasteiger partial charge in [0.2, 0.25) is 0 Å². The van der Waals surface area contributed by atoms with Gasteiger partial charge < -0.3 is 9.84 Å². The van der Waals surface area contributed by atoms with Gasteiger partial charge in [-0.05, 0) is 48.9 Å². The highest BCUT2D eigenvalue weighted by Crippen LogP contribution is 2.41. The topological polar surface area (TPSA) is 46.5 Å². The molecule has 0 heterocycles. The van der Waals surface area contributed by atoms with Gasteiger partial charge in [0.05, 0.1) is 19.6 Å². The number of carbonyl (C=O) groups excluding carboxylic acids is 1. The molecule has 1 rings (SSSR count). The first-order chi connectivity index (χ1) is 8.75. The van der Waals surface area contributed by atoms with Crippen LogP contribution in [-0.4, -0.2) is 24.3 Å². The van der Waals surface area contributed by atoms with Gasteiger partial charge in [-0.25, -0.2) is 0 Å². The van der Waals surface area contributed by atoms with Crippen molar-refractivity contribution >= 4 is 5.97 Å². The number of esters is 1. The summed E-state index contributed by atoms with van der Waals surface area (Å²) in [5, 5.41) is 10.4. The molecule has 1 fully saturated rings. The van der Waals surface area contributed by atoms with Crippen LogP contribution in [-0.2, 0) is 9.53 Å². The summed E-state index contributed by atoms with van der Waals surface area (Å²) in [6.07, 6.45) is 4.48. The molecule has 0 aromatic carbocycles. The number of carbonyl (C=O) groups is 1. The van der Waals surface area contributed by atoms with Crippen LogP contribution in [0, 0.1) is 23.2 Å². The van der Waals surface area contributed by atoms with Crippen molar-refractivity contribution in [3.63, 3.8) is 0 Å². The van der Waals surface area contributed by atoms with Crippen LogP contribution >= 0.6 is 0 Å². The summed E-state index contributed by atoms with van der Waals surface area (Å²) >= 11 is 0. The molecular formula is C16H30O3. The first-order valence-electron chi connectivity index (χ1n) is 7.50. The predicted octanol–water partition coefficient (Wildman–Crippen LogP) is 3.40. The number of ether oxygens (including phenoxy) is 1. The maximum Gasteiger partial charge on any atom is 0.305 e. The van der Waals surface area contributed by atoms with Crippen LogP contribution in [0.3, 0.4) is 0 Å². The van der Waals surface area contributed by atoms with Gasteiger partial charge in [0.25, 0.3) is 0 Å². The first-order valence-corrected chi connectivity index (χ1v) is 7.50. The van der Waals surface area contributed by atoms with Crippen molar-refractivity contribution in [2.75, 3.05) is 7.11 Å². The summed E-state index contributed by atoms with van der Waals surface area (Å²) in [5.74, 6) is 0.865. The van der Waals surface area contributed by atoms with Crippen molar-refractivity contribution in [1.82, 2.24) is 0 Å². The van der Waals surface area contributed by atoms with Crippen LogP contribution in [0.2, 0.25) is 0 Å². The highest BCUT2D eigenvalue weighted by Gasteiger charge is 2.34. The maximum atomic E-state index is 11.3. The average molecular weight is 270 g/mol. The summed E-state index contributed by atoms with van der Waals surface area (Å²) in [7, 11) is 1.40. The zero-order valence-corrected chi connectivity index (χ0v) is 13.1. The van der Waals surface area contributed by atoms with Gasteiger partial charge in [-0.15, -0.1) is 0 Å². The van der Waals surface area contributed by atoms with E-state index in [9.17, 15) is 9.90 Å². The van der Waals surface area contributed by atoms with Crippen LogP contribution in [0.1, 0.15) is 59.8 Å². The Morgan fingerprint density at radius 3 is 2.21 bits per heavy atom. The zero-order valence-electron chi connectivity index (χ0n) is 13.1. The number of aliphatic hydroxyl groups is 1. The van der Waals surface area contributed by atoms with Crippen LogP contribution in [0.5, 0.6) is 0 Å². The van der Waals surface area contributed by atoms with E-state index in [1.807, 2.05) is 6.92 Å². The van der Waals surface area contributed by atoms with Gasteiger partial charge in [-0.2, -0.15) is 0 Å². The summed E-state index contributed by atoms with van der Waals surface area (Å²) in [6.45, 7) is 8.84. The third-order valence-corrected chi connectivity index (χ3v) is 4.78. The van der Waals surface area contributed by atoms with Gasteiger partial charge in [0.15, 0.2) is 0 Å². The Morgan fingerprint density at radius 2 is 1.79 bits per heavy atom. The Labute approximate surface area is 117 Å². The molecule has 0 amide bonds. The maximum absolute atomic E-state index is 11.3. The Balaban J connectivity index is 2.44. The monoisotopic (exact) mass is 270 g/mol. The number of hydrogen-bond donors (Lipinski definition) is 1. The third kappa shape index (κ3) is 4.79. The molecule has 0 aromatic heterocycles. The van der Waals surface area contributed by atoms with Gasteiger partial charge in [0, 0.05) is 0 Å². The molecule has 2 atom stereocenters. The minimum Gasteiger partial charge on any atom is -0.469 e. The lowest BCUT2D eigenvalue weighted by atomic mass is 9.68. The second-order valence-electron chi connectivity index (χ2n) is 7.23. The van der Waals surface area contributed by atoms with E-state index in [1.54, 1.807) is 0 Å². The van der Waals surface area contributed by atoms with Gasteiger partial charge in [-0.3, -0.25) is 4.79 Å². The van der Waals surface area contributed by atoms with Crippen molar-refractivity contribution in [2.24, 2.45) is 23.2 Å². The van der Waals surface area contributed by atoms with Crippen LogP contribution in [0.15, 0.2) is 0 Å². The normalized spacial score (nSPS) is 27.7. The lowest BCUT2D eigenvalue weighted by molar-refractivity contribution is -0.143. The Bertz CT molecular complexity index is 285. The average Bonchev–Trinajstić information content (AvgIpc) is 2.36. The highest BCUT2D eigenvalue weighted by molar-refractivity contribution is 5.69. The first kappa shape index (κ1) is 16.5. The Kier molecular flexibility index (Phi) is 5.84. The third-order valence-electron chi connectivity index (χ3n) is 4.78. The number of hydrogen-bond acceptors (Lipinski definition) is 3. The second kappa shape index (κ2) is 6.74. The molecule has 0 saturated heterocycles. The highest BCUT2D eigenvalue weighted by atomic mass is 16.5. The molecule has 2 unspecified atom stereocenters. The van der Waals surface area contributed by atoms with Gasteiger partial charge in [-0.1, -0.05) is 27.7 Å². The molecule has 0 radical (unpaired) electrons. The summed E-state index contributed by atoms with van der Waals surface area (Å²) in [5.41, 5.74) is 0.369. The SMILES string of the molecule is COC(=O)CC(C)C(O)C1CCC(C(C)(C)C)CC1. The van der Waals surface area contributed by atoms with Crippen molar-refractivity contribution in [3.05, 3.63) is 0 Å². The molecule has 0 bridgehead atoms. The lowest BCUT2D eigenvalue weighted by Crippen LogP contribution is -2.34. The van der Waals surface area contributed by atoms with E-state index in [0.29, 0.717) is 17.8 Å². The van der Waals surface area contributed by atoms with Crippen molar-refractivity contribution in [2.45, 2.75) is 65.9 Å². The zero-order chi connectivity index (χ0) is 14.6. The van der Waals surface area contributed by atoms with Crippen molar-refractivity contribution < 1.29 is 14.6 Å². The molecule has 0 aliphatic heterocycles.